The summed E-state index contributed by atoms with van der Waals surface area (Å²) in [6.45, 7) is 6.75. The zero-order valence-corrected chi connectivity index (χ0v) is 19.9. The van der Waals surface area contributed by atoms with Gasteiger partial charge in [-0.05, 0) is 76.1 Å². The van der Waals surface area contributed by atoms with E-state index in [1.165, 1.54) is 23.4 Å². The molecule has 1 aliphatic rings. The van der Waals surface area contributed by atoms with Crippen molar-refractivity contribution in [2.24, 2.45) is 0 Å². The van der Waals surface area contributed by atoms with Gasteiger partial charge in [0.2, 0.25) is 0 Å². The number of hydrogen-bond donors (Lipinski definition) is 0. The zero-order valence-electron chi connectivity index (χ0n) is 19.1. The first-order valence-corrected chi connectivity index (χ1v) is 12.1. The number of rotatable bonds is 7. The Kier molecular flexibility index (Phi) is 7.11. The molecule has 0 aromatic heterocycles. The minimum absolute atomic E-state index is 0.0180. The summed E-state index contributed by atoms with van der Waals surface area (Å²) >= 11 is 0. The van der Waals surface area contributed by atoms with Crippen LogP contribution >= 0.6 is 0 Å². The normalized spacial score (nSPS) is 16.0. The number of carbonyl (C=O) groups is 2. The Morgan fingerprint density at radius 2 is 1.82 bits per heavy atom. The lowest BCUT2D eigenvalue weighted by Gasteiger charge is -2.35. The number of fused-ring (bicyclic) bond motifs is 1. The van der Waals surface area contributed by atoms with Crippen LogP contribution in [0.15, 0.2) is 47.4 Å². The molecule has 0 aliphatic carbocycles. The SMILES string of the molecule is CC(=O)CC[C@H]1CN(S(=O)(=O)c2ccc(F)cc2)c2cc(CC(=O)OC(C)(C)C)ccc2O1. The smallest absolute Gasteiger partial charge is 0.310 e. The largest absolute Gasteiger partial charge is 0.486 e. The number of sulfonamides is 1. The van der Waals surface area contributed by atoms with Gasteiger partial charge in [-0.25, -0.2) is 12.8 Å². The number of nitrogens with zero attached hydrogens (tertiary/aromatic N) is 1. The van der Waals surface area contributed by atoms with Crippen molar-refractivity contribution in [3.8, 4) is 5.75 Å². The van der Waals surface area contributed by atoms with Crippen LogP contribution in [0.4, 0.5) is 10.1 Å². The monoisotopic (exact) mass is 477 g/mol. The summed E-state index contributed by atoms with van der Waals surface area (Å²) in [5.74, 6) is -0.680. The summed E-state index contributed by atoms with van der Waals surface area (Å²) < 4.78 is 52.8. The average Bonchev–Trinajstić information content (AvgIpc) is 2.70. The van der Waals surface area contributed by atoms with Gasteiger partial charge in [0.25, 0.3) is 10.0 Å². The van der Waals surface area contributed by atoms with Crippen molar-refractivity contribution in [1.82, 2.24) is 0 Å². The second-order valence-electron chi connectivity index (χ2n) is 9.04. The Bertz CT molecular complexity index is 1140. The maximum Gasteiger partial charge on any atom is 0.310 e. The maximum absolute atomic E-state index is 13.5. The van der Waals surface area contributed by atoms with Crippen LogP contribution in [-0.2, 0) is 30.8 Å². The van der Waals surface area contributed by atoms with Gasteiger partial charge in [0.15, 0.2) is 0 Å². The van der Waals surface area contributed by atoms with Crippen molar-refractivity contribution >= 4 is 27.5 Å². The molecule has 2 aromatic carbocycles. The van der Waals surface area contributed by atoms with Crippen molar-refractivity contribution in [2.45, 2.75) is 63.6 Å². The van der Waals surface area contributed by atoms with Crippen LogP contribution in [0.25, 0.3) is 0 Å². The first-order chi connectivity index (χ1) is 15.3. The quantitative estimate of drug-likeness (QED) is 0.559. The van der Waals surface area contributed by atoms with Crippen LogP contribution in [0.2, 0.25) is 0 Å². The predicted octanol–water partition coefficient (Wildman–Crippen LogP) is 4.04. The van der Waals surface area contributed by atoms with Crippen molar-refractivity contribution in [3.05, 3.63) is 53.8 Å². The number of ether oxygens (including phenoxy) is 2. The lowest BCUT2D eigenvalue weighted by atomic mass is 10.1. The molecule has 0 bridgehead atoms. The minimum Gasteiger partial charge on any atom is -0.486 e. The first kappa shape index (κ1) is 24.7. The van der Waals surface area contributed by atoms with E-state index in [9.17, 15) is 22.4 Å². The summed E-state index contributed by atoms with van der Waals surface area (Å²) in [7, 11) is -4.05. The highest BCUT2D eigenvalue weighted by atomic mass is 32.2. The van der Waals surface area contributed by atoms with Crippen LogP contribution in [0.5, 0.6) is 5.75 Å². The lowest BCUT2D eigenvalue weighted by Crippen LogP contribution is -2.43. The van der Waals surface area contributed by atoms with E-state index in [1.807, 2.05) is 0 Å². The van der Waals surface area contributed by atoms with Crippen molar-refractivity contribution in [2.75, 3.05) is 10.8 Å². The second-order valence-corrected chi connectivity index (χ2v) is 10.9. The fraction of sp³-hybridized carbons (Fsp3) is 0.417. The zero-order chi connectivity index (χ0) is 24.4. The second kappa shape index (κ2) is 9.51. The fourth-order valence-electron chi connectivity index (χ4n) is 3.49. The third-order valence-corrected chi connectivity index (χ3v) is 6.74. The van der Waals surface area contributed by atoms with E-state index in [4.69, 9.17) is 9.47 Å². The highest BCUT2D eigenvalue weighted by molar-refractivity contribution is 7.92. The summed E-state index contributed by atoms with van der Waals surface area (Å²) in [6, 6.07) is 9.45. The molecule has 2 aromatic rings. The average molecular weight is 478 g/mol. The van der Waals surface area contributed by atoms with E-state index in [1.54, 1.807) is 39.0 Å². The molecule has 1 atom stereocenters. The molecule has 0 fully saturated rings. The number of Topliss-reactive ketones (excluding diaryl/α,β-unsaturated/α-hetero) is 1. The minimum atomic E-state index is -4.05. The molecule has 3 rings (SSSR count). The predicted molar refractivity (Wildman–Crippen MR) is 121 cm³/mol. The van der Waals surface area contributed by atoms with Gasteiger partial charge < -0.3 is 14.3 Å². The van der Waals surface area contributed by atoms with Crippen LogP contribution in [0, 0.1) is 5.82 Å². The molecule has 178 valence electrons. The Labute approximate surface area is 193 Å². The molecule has 1 aliphatic heterocycles. The van der Waals surface area contributed by atoms with Gasteiger partial charge in [-0.15, -0.1) is 0 Å². The van der Waals surface area contributed by atoms with Crippen molar-refractivity contribution < 1.29 is 31.9 Å². The molecule has 1 heterocycles. The Morgan fingerprint density at radius 3 is 2.42 bits per heavy atom. The van der Waals surface area contributed by atoms with Gasteiger partial charge in [0.05, 0.1) is 23.5 Å². The number of ketones is 1. The topological polar surface area (TPSA) is 90.0 Å². The standard InChI is InChI=1S/C24H28FNO6S/c1-16(27)5-9-19-15-26(33(29,30)20-10-7-18(25)8-11-20)21-13-17(6-12-22(21)31-19)14-23(28)32-24(2,3)4/h6-8,10-13,19H,5,9,14-15H2,1-4H3/t19-/m0/s1. The molecule has 7 nitrogen and oxygen atoms in total. The van der Waals surface area contributed by atoms with Gasteiger partial charge in [0, 0.05) is 6.42 Å². The molecular weight excluding hydrogens is 449 g/mol. The van der Waals surface area contributed by atoms with E-state index in [2.05, 4.69) is 0 Å². The van der Waals surface area contributed by atoms with Gasteiger partial charge >= 0.3 is 5.97 Å². The first-order valence-electron chi connectivity index (χ1n) is 10.6. The van der Waals surface area contributed by atoms with Crippen LogP contribution in [0.3, 0.4) is 0 Å². The Morgan fingerprint density at radius 1 is 1.15 bits per heavy atom. The maximum atomic E-state index is 13.5. The summed E-state index contributed by atoms with van der Waals surface area (Å²) in [4.78, 5) is 23.6. The number of hydrogen-bond acceptors (Lipinski definition) is 6. The van der Waals surface area contributed by atoms with Crippen molar-refractivity contribution in [3.63, 3.8) is 0 Å². The van der Waals surface area contributed by atoms with E-state index < -0.39 is 33.5 Å². The van der Waals surface area contributed by atoms with E-state index in [0.29, 0.717) is 17.7 Å². The van der Waals surface area contributed by atoms with Gasteiger partial charge in [-0.2, -0.15) is 0 Å². The molecule has 9 heteroatoms. The van der Waals surface area contributed by atoms with Crippen LogP contribution in [-0.4, -0.2) is 38.4 Å². The summed E-state index contributed by atoms with van der Waals surface area (Å²) in [5, 5.41) is 0. The highest BCUT2D eigenvalue weighted by Crippen LogP contribution is 2.38. The molecule has 0 spiro atoms. The van der Waals surface area contributed by atoms with Gasteiger partial charge in [-0.3, -0.25) is 9.10 Å². The highest BCUT2D eigenvalue weighted by Gasteiger charge is 2.35. The molecule has 0 saturated heterocycles. The summed E-state index contributed by atoms with van der Waals surface area (Å²) in [5.41, 5.74) is 0.198. The number of esters is 1. The Hall–Kier alpha value is -2.94. The molecule has 0 N–H and O–H groups in total. The summed E-state index contributed by atoms with van der Waals surface area (Å²) in [6.07, 6.45) is 0.0293. The number of halogens is 1. The third kappa shape index (κ3) is 6.31. The lowest BCUT2D eigenvalue weighted by molar-refractivity contribution is -0.153. The molecule has 0 saturated carbocycles. The molecule has 0 radical (unpaired) electrons. The van der Waals surface area contributed by atoms with Crippen molar-refractivity contribution in [1.29, 1.82) is 0 Å². The van der Waals surface area contributed by atoms with E-state index in [-0.39, 0.29) is 35.8 Å². The fourth-order valence-corrected chi connectivity index (χ4v) is 4.99. The number of carbonyl (C=O) groups excluding carboxylic acids is 2. The Balaban J connectivity index is 1.97. The number of anilines is 1. The third-order valence-electron chi connectivity index (χ3n) is 4.94. The van der Waals surface area contributed by atoms with E-state index >= 15 is 0 Å². The molecule has 0 amide bonds. The van der Waals surface area contributed by atoms with Gasteiger partial charge in [-0.1, -0.05) is 6.07 Å². The van der Waals surface area contributed by atoms with Crippen LogP contribution in [0.1, 0.15) is 46.1 Å². The molecule has 33 heavy (non-hydrogen) atoms. The molecule has 0 unspecified atom stereocenters. The number of benzene rings is 2. The van der Waals surface area contributed by atoms with Gasteiger partial charge in [0.1, 0.15) is 29.1 Å². The van der Waals surface area contributed by atoms with E-state index in [0.717, 1.165) is 12.1 Å². The van der Waals surface area contributed by atoms with Crippen LogP contribution < -0.4 is 9.04 Å². The molecular formula is C24H28FNO6S.